The summed E-state index contributed by atoms with van der Waals surface area (Å²) in [5.74, 6) is -1.39. The molecular weight excluding hydrogens is 514 g/mol. The smallest absolute Gasteiger partial charge is 0.335 e. The average Bonchev–Trinajstić information content (AvgIpc) is 3.47. The number of aromatic carboxylic acids is 1. The van der Waals surface area contributed by atoms with Crippen LogP contribution in [-0.4, -0.2) is 61.8 Å². The zero-order valence-electron chi connectivity index (χ0n) is 19.8. The molecule has 1 saturated heterocycles. The number of benzene rings is 3. The Labute approximate surface area is 221 Å². The zero-order chi connectivity index (χ0) is 26.5. The molecule has 1 aromatic heterocycles. The fourth-order valence-corrected chi connectivity index (χ4v) is 4.06. The van der Waals surface area contributed by atoms with Crippen LogP contribution >= 0.6 is 11.6 Å². The van der Waals surface area contributed by atoms with Crippen LogP contribution in [-0.2, 0) is 20.9 Å². The van der Waals surface area contributed by atoms with Crippen molar-refractivity contribution in [3.05, 3.63) is 95.3 Å². The molecule has 1 aliphatic rings. The van der Waals surface area contributed by atoms with Crippen LogP contribution < -0.4 is 10.4 Å². The van der Waals surface area contributed by atoms with Crippen LogP contribution in [0, 0.1) is 0 Å². The first-order chi connectivity index (χ1) is 18.5. The van der Waals surface area contributed by atoms with Gasteiger partial charge in [0.15, 0.2) is 13.5 Å². The highest BCUT2D eigenvalue weighted by molar-refractivity contribution is 6.31. The van der Waals surface area contributed by atoms with Gasteiger partial charge in [-0.05, 0) is 64.9 Å². The summed E-state index contributed by atoms with van der Waals surface area (Å²) in [5.41, 5.74) is 2.71. The van der Waals surface area contributed by atoms with Crippen molar-refractivity contribution in [1.82, 2.24) is 25.3 Å². The number of rotatable bonds is 8. The summed E-state index contributed by atoms with van der Waals surface area (Å²) in [6, 6.07) is 19.9. The minimum atomic E-state index is -1.05. The normalized spacial score (nSPS) is 14.7. The van der Waals surface area contributed by atoms with Crippen molar-refractivity contribution in [3.63, 3.8) is 0 Å². The summed E-state index contributed by atoms with van der Waals surface area (Å²) in [6.45, 7) is -0.105. The average molecular weight is 536 g/mol. The van der Waals surface area contributed by atoms with Crippen molar-refractivity contribution < 1.29 is 24.4 Å². The number of carboxylic acid groups (broad SMARTS) is 1. The Kier molecular flexibility index (Phi) is 7.56. The molecule has 1 aliphatic heterocycles. The van der Waals surface area contributed by atoms with Gasteiger partial charge in [0.2, 0.25) is 5.91 Å². The van der Waals surface area contributed by atoms with E-state index in [9.17, 15) is 9.59 Å². The lowest BCUT2D eigenvalue weighted by atomic mass is 10.0. The second kappa shape index (κ2) is 11.4. The van der Waals surface area contributed by atoms with Gasteiger partial charge >= 0.3 is 5.97 Å². The number of hydroxylamine groups is 3. The molecule has 38 heavy (non-hydrogen) atoms. The van der Waals surface area contributed by atoms with Gasteiger partial charge in [0.1, 0.15) is 12.4 Å². The number of nitrogens with zero attached hydrogens (tertiary/aromatic N) is 6. The van der Waals surface area contributed by atoms with E-state index in [1.165, 1.54) is 45.4 Å². The molecule has 1 atom stereocenters. The highest BCUT2D eigenvalue weighted by Gasteiger charge is 2.32. The van der Waals surface area contributed by atoms with E-state index in [1.807, 2.05) is 30.3 Å². The van der Waals surface area contributed by atoms with E-state index < -0.39 is 12.0 Å². The second-order valence-corrected chi connectivity index (χ2v) is 8.71. The van der Waals surface area contributed by atoms with E-state index >= 15 is 0 Å². The lowest BCUT2D eigenvalue weighted by Crippen LogP contribution is -2.52. The molecule has 0 bridgehead atoms. The van der Waals surface area contributed by atoms with E-state index in [-0.39, 0.29) is 24.9 Å². The van der Waals surface area contributed by atoms with Crippen molar-refractivity contribution in [2.24, 2.45) is 0 Å². The van der Waals surface area contributed by atoms with Gasteiger partial charge in [-0.1, -0.05) is 41.9 Å². The van der Waals surface area contributed by atoms with E-state index in [1.54, 1.807) is 18.2 Å². The molecular formula is C25H22ClN7O5. The van der Waals surface area contributed by atoms with E-state index in [0.29, 0.717) is 28.5 Å². The number of anilines is 2. The summed E-state index contributed by atoms with van der Waals surface area (Å²) in [4.78, 5) is 36.5. The molecule has 2 heterocycles. The van der Waals surface area contributed by atoms with Crippen molar-refractivity contribution in [2.45, 2.75) is 12.5 Å². The molecule has 3 aromatic carbocycles. The fourth-order valence-electron chi connectivity index (χ4n) is 3.89. The number of tetrazole rings is 1. The molecule has 1 amide bonds. The SMILES string of the molecule is O=C(O)c1ccc(NC(=O)C(Cc2ccccc2)N2CON(c3cc(Cl)ccc3-n3cnnn3)CO2)cc1. The summed E-state index contributed by atoms with van der Waals surface area (Å²) in [7, 11) is 0. The highest BCUT2D eigenvalue weighted by atomic mass is 35.5. The largest absolute Gasteiger partial charge is 0.478 e. The van der Waals surface area contributed by atoms with Gasteiger partial charge < -0.3 is 10.4 Å². The number of hydrogen-bond acceptors (Lipinski definition) is 9. The Morgan fingerprint density at radius 1 is 1.00 bits per heavy atom. The first kappa shape index (κ1) is 25.3. The molecule has 1 unspecified atom stereocenters. The molecule has 12 nitrogen and oxygen atoms in total. The third-order valence-electron chi connectivity index (χ3n) is 5.81. The van der Waals surface area contributed by atoms with Gasteiger partial charge in [-0.15, -0.1) is 10.2 Å². The first-order valence-corrected chi connectivity index (χ1v) is 11.9. The minimum absolute atomic E-state index is 0.0403. The molecule has 0 saturated carbocycles. The Balaban J connectivity index is 1.33. The molecule has 0 spiro atoms. The quantitative estimate of drug-likeness (QED) is 0.346. The number of hydrogen-bond donors (Lipinski definition) is 2. The van der Waals surface area contributed by atoms with E-state index in [0.717, 1.165) is 5.56 Å². The van der Waals surface area contributed by atoms with Crippen molar-refractivity contribution >= 4 is 34.9 Å². The highest BCUT2D eigenvalue weighted by Crippen LogP contribution is 2.30. The summed E-state index contributed by atoms with van der Waals surface area (Å²) >= 11 is 6.23. The zero-order valence-corrected chi connectivity index (χ0v) is 20.6. The van der Waals surface area contributed by atoms with Crippen LogP contribution in [0.4, 0.5) is 11.4 Å². The minimum Gasteiger partial charge on any atom is -0.478 e. The van der Waals surface area contributed by atoms with Gasteiger partial charge in [-0.2, -0.15) is 4.68 Å². The third-order valence-corrected chi connectivity index (χ3v) is 6.04. The van der Waals surface area contributed by atoms with Crippen LogP contribution in [0.5, 0.6) is 0 Å². The second-order valence-electron chi connectivity index (χ2n) is 8.28. The standard InChI is InChI=1S/C25H22ClN7O5/c26-19-8-11-21(31-14-27-29-30-31)22(13-19)32-15-38-33(16-37-32)23(12-17-4-2-1-3-5-17)24(34)28-20-9-6-18(7-10-20)25(35)36/h1-11,13-14,23H,12,15-16H2,(H,28,34)(H,35,36). The monoisotopic (exact) mass is 535 g/mol. The van der Waals surface area contributed by atoms with Crippen LogP contribution in [0.2, 0.25) is 5.02 Å². The summed E-state index contributed by atoms with van der Waals surface area (Å²) < 4.78 is 1.47. The maximum absolute atomic E-state index is 13.4. The molecule has 194 valence electrons. The Bertz CT molecular complexity index is 1400. The summed E-state index contributed by atoms with van der Waals surface area (Å²) in [6.07, 6.45) is 1.79. The lowest BCUT2D eigenvalue weighted by Gasteiger charge is -2.38. The van der Waals surface area contributed by atoms with E-state index in [4.69, 9.17) is 26.4 Å². The van der Waals surface area contributed by atoms with Gasteiger partial charge in [-0.3, -0.25) is 14.5 Å². The lowest BCUT2D eigenvalue weighted by molar-refractivity contribution is -0.279. The van der Waals surface area contributed by atoms with Gasteiger partial charge in [0.25, 0.3) is 0 Å². The topological polar surface area (TPSA) is 135 Å². The van der Waals surface area contributed by atoms with Crippen LogP contribution in [0.1, 0.15) is 15.9 Å². The van der Waals surface area contributed by atoms with Crippen LogP contribution in [0.3, 0.4) is 0 Å². The number of halogens is 1. The number of nitrogens with one attached hydrogen (secondary N) is 1. The van der Waals surface area contributed by atoms with Crippen LogP contribution in [0.15, 0.2) is 79.1 Å². The van der Waals surface area contributed by atoms with Crippen molar-refractivity contribution in [2.75, 3.05) is 23.8 Å². The molecule has 1 fully saturated rings. The van der Waals surface area contributed by atoms with Crippen molar-refractivity contribution in [3.8, 4) is 5.69 Å². The van der Waals surface area contributed by atoms with Gasteiger partial charge in [0, 0.05) is 10.7 Å². The Morgan fingerprint density at radius 3 is 2.45 bits per heavy atom. The first-order valence-electron chi connectivity index (χ1n) is 11.5. The number of carbonyl (C=O) groups is 2. The van der Waals surface area contributed by atoms with Gasteiger partial charge in [-0.25, -0.2) is 9.86 Å². The molecule has 5 rings (SSSR count). The van der Waals surface area contributed by atoms with Crippen LogP contribution in [0.25, 0.3) is 5.69 Å². The van der Waals surface area contributed by atoms with E-state index in [2.05, 4.69) is 20.8 Å². The molecule has 4 aromatic rings. The molecule has 0 aliphatic carbocycles. The number of amides is 1. The number of carbonyl (C=O) groups excluding carboxylic acids is 1. The molecule has 13 heteroatoms. The third kappa shape index (κ3) is 5.79. The predicted octanol–water partition coefficient (Wildman–Crippen LogP) is 3.16. The Hall–Kier alpha value is -4.36. The molecule has 2 N–H and O–H groups in total. The maximum atomic E-state index is 13.4. The Morgan fingerprint density at radius 2 is 1.79 bits per heavy atom. The number of aromatic nitrogens is 4. The fraction of sp³-hybridized carbons (Fsp3) is 0.160. The maximum Gasteiger partial charge on any atom is 0.335 e. The van der Waals surface area contributed by atoms with Gasteiger partial charge in [0.05, 0.1) is 16.9 Å². The van der Waals surface area contributed by atoms with Crippen molar-refractivity contribution in [1.29, 1.82) is 0 Å². The number of carboxylic acids is 1. The molecule has 0 radical (unpaired) electrons. The summed E-state index contributed by atoms with van der Waals surface area (Å²) in [5, 5.41) is 26.7. The predicted molar refractivity (Wildman–Crippen MR) is 136 cm³/mol.